The molecule has 9 heteroatoms. The van der Waals surface area contributed by atoms with Crippen molar-refractivity contribution in [3.8, 4) is 11.4 Å². The topological polar surface area (TPSA) is 96.5 Å². The smallest absolute Gasteiger partial charge is 0.271 e. The van der Waals surface area contributed by atoms with Crippen molar-refractivity contribution < 1.29 is 4.79 Å². The zero-order valence-corrected chi connectivity index (χ0v) is 13.8. The highest BCUT2D eigenvalue weighted by atomic mass is 35.5. The highest BCUT2D eigenvalue weighted by Crippen LogP contribution is 2.17. The molecule has 1 amide bonds. The fourth-order valence-corrected chi connectivity index (χ4v) is 2.31. The Labute approximate surface area is 147 Å². The Bertz CT molecular complexity index is 849. The fourth-order valence-electron chi connectivity index (χ4n) is 1.99. The van der Waals surface area contributed by atoms with E-state index in [2.05, 4.69) is 30.5 Å². The number of hydrogen-bond acceptors (Lipinski definition) is 5. The number of H-pyrrole nitrogens is 1. The summed E-state index contributed by atoms with van der Waals surface area (Å²) in [4.78, 5) is 23.9. The zero-order valence-electron chi connectivity index (χ0n) is 12.3. The Hall–Kier alpha value is -2.51. The second-order valence-corrected chi connectivity index (χ2v) is 5.68. The van der Waals surface area contributed by atoms with Crippen LogP contribution >= 0.6 is 23.2 Å². The Morgan fingerprint density at radius 1 is 1.21 bits per heavy atom. The van der Waals surface area contributed by atoms with Crippen molar-refractivity contribution in [1.29, 1.82) is 0 Å². The van der Waals surface area contributed by atoms with Gasteiger partial charge in [0.15, 0.2) is 5.82 Å². The Balaban J connectivity index is 1.57. The van der Waals surface area contributed by atoms with Crippen molar-refractivity contribution in [1.82, 2.24) is 30.5 Å². The normalized spacial score (nSPS) is 10.6. The lowest BCUT2D eigenvalue weighted by Crippen LogP contribution is -2.27. The van der Waals surface area contributed by atoms with Crippen molar-refractivity contribution in [2.24, 2.45) is 0 Å². The maximum absolute atomic E-state index is 12.0. The Kier molecular flexibility index (Phi) is 5.02. The first-order chi connectivity index (χ1) is 11.6. The van der Waals surface area contributed by atoms with E-state index in [0.717, 1.165) is 5.56 Å². The van der Waals surface area contributed by atoms with Gasteiger partial charge in [-0.05, 0) is 24.3 Å². The second kappa shape index (κ2) is 7.37. The summed E-state index contributed by atoms with van der Waals surface area (Å²) in [5.41, 5.74) is 1.00. The molecule has 0 atom stereocenters. The minimum absolute atomic E-state index is 0.145. The van der Waals surface area contributed by atoms with Crippen molar-refractivity contribution >= 4 is 29.1 Å². The molecule has 122 valence electrons. The van der Waals surface area contributed by atoms with Crippen LogP contribution in [0.4, 0.5) is 0 Å². The van der Waals surface area contributed by atoms with Crippen LogP contribution in [0.5, 0.6) is 0 Å². The zero-order chi connectivity index (χ0) is 16.9. The number of aromatic nitrogens is 5. The minimum Gasteiger partial charge on any atom is -0.350 e. The van der Waals surface area contributed by atoms with Crippen LogP contribution in [0.2, 0.25) is 10.0 Å². The molecular weight excluding hydrogens is 351 g/mol. The summed E-state index contributed by atoms with van der Waals surface area (Å²) in [6.07, 6.45) is 3.14. The van der Waals surface area contributed by atoms with E-state index in [1.807, 2.05) is 12.1 Å². The second-order valence-electron chi connectivity index (χ2n) is 4.84. The monoisotopic (exact) mass is 362 g/mol. The summed E-state index contributed by atoms with van der Waals surface area (Å²) in [7, 11) is 0. The number of amides is 1. The molecule has 0 unspecified atom stereocenters. The van der Waals surface area contributed by atoms with Crippen LogP contribution in [0.15, 0.2) is 36.8 Å². The van der Waals surface area contributed by atoms with Gasteiger partial charge in [0.1, 0.15) is 17.8 Å². The van der Waals surface area contributed by atoms with Gasteiger partial charge in [-0.2, -0.15) is 5.10 Å². The molecule has 3 aromatic rings. The summed E-state index contributed by atoms with van der Waals surface area (Å²) in [5.74, 6) is 0.876. The van der Waals surface area contributed by atoms with E-state index in [4.69, 9.17) is 23.2 Å². The number of benzene rings is 1. The molecule has 0 saturated carbocycles. The first-order valence-corrected chi connectivity index (χ1v) is 7.80. The van der Waals surface area contributed by atoms with Crippen LogP contribution in [0.25, 0.3) is 11.4 Å². The molecule has 2 heterocycles. The molecule has 1 aromatic carbocycles. The molecule has 2 aromatic heterocycles. The van der Waals surface area contributed by atoms with Crippen LogP contribution in [-0.4, -0.2) is 37.6 Å². The summed E-state index contributed by atoms with van der Waals surface area (Å²) >= 11 is 11.7. The number of hydrogen-bond donors (Lipinski definition) is 2. The lowest BCUT2D eigenvalue weighted by molar-refractivity contribution is 0.0949. The van der Waals surface area contributed by atoms with E-state index in [0.29, 0.717) is 29.6 Å². The van der Waals surface area contributed by atoms with Crippen LogP contribution < -0.4 is 5.32 Å². The lowest BCUT2D eigenvalue weighted by atomic mass is 10.2. The molecule has 0 aliphatic rings. The first-order valence-electron chi connectivity index (χ1n) is 7.04. The van der Waals surface area contributed by atoms with Crippen LogP contribution in [0.3, 0.4) is 0 Å². The van der Waals surface area contributed by atoms with Crippen molar-refractivity contribution in [2.45, 2.75) is 6.42 Å². The highest BCUT2D eigenvalue weighted by molar-refractivity contribution is 6.33. The predicted molar refractivity (Wildman–Crippen MR) is 89.9 cm³/mol. The van der Waals surface area contributed by atoms with Crippen molar-refractivity contribution in [3.63, 3.8) is 0 Å². The Morgan fingerprint density at radius 2 is 2.00 bits per heavy atom. The molecule has 0 spiro atoms. The molecule has 0 bridgehead atoms. The molecule has 0 saturated heterocycles. The van der Waals surface area contributed by atoms with Gasteiger partial charge >= 0.3 is 0 Å². The van der Waals surface area contributed by atoms with Crippen LogP contribution in [0, 0.1) is 0 Å². The van der Waals surface area contributed by atoms with Gasteiger partial charge in [-0.1, -0.05) is 23.2 Å². The van der Waals surface area contributed by atoms with Gasteiger partial charge in [0.25, 0.3) is 5.91 Å². The number of nitrogens with zero attached hydrogens (tertiary/aromatic N) is 4. The van der Waals surface area contributed by atoms with E-state index in [9.17, 15) is 4.79 Å². The highest BCUT2D eigenvalue weighted by Gasteiger charge is 2.12. The maximum Gasteiger partial charge on any atom is 0.271 e. The van der Waals surface area contributed by atoms with Crippen LogP contribution in [-0.2, 0) is 6.42 Å². The fraction of sp³-hybridized carbons (Fsp3) is 0.133. The SMILES string of the molecule is O=C(NCCc1nc(-c2ccc(Cl)cc2)n[nH]1)c1ncncc1Cl. The van der Waals surface area contributed by atoms with Gasteiger partial charge in [0.05, 0.1) is 5.02 Å². The molecule has 7 nitrogen and oxygen atoms in total. The Morgan fingerprint density at radius 3 is 2.75 bits per heavy atom. The van der Waals surface area contributed by atoms with E-state index < -0.39 is 0 Å². The van der Waals surface area contributed by atoms with Gasteiger partial charge in [-0.3, -0.25) is 9.89 Å². The number of carbonyl (C=O) groups is 1. The maximum atomic E-state index is 12.0. The quantitative estimate of drug-likeness (QED) is 0.726. The molecule has 0 aliphatic carbocycles. The number of halogens is 2. The van der Waals surface area contributed by atoms with E-state index in [1.54, 1.807) is 12.1 Å². The summed E-state index contributed by atoms with van der Waals surface area (Å²) in [6.45, 7) is 0.369. The number of carbonyl (C=O) groups excluding carboxylic acids is 1. The molecule has 24 heavy (non-hydrogen) atoms. The van der Waals surface area contributed by atoms with E-state index in [-0.39, 0.29) is 16.6 Å². The number of rotatable bonds is 5. The third kappa shape index (κ3) is 3.87. The van der Waals surface area contributed by atoms with Gasteiger partial charge < -0.3 is 5.32 Å². The lowest BCUT2D eigenvalue weighted by Gasteiger charge is -2.03. The summed E-state index contributed by atoms with van der Waals surface area (Å²) in [5, 5.41) is 10.6. The average Bonchev–Trinajstić information content (AvgIpc) is 3.04. The predicted octanol–water partition coefficient (Wildman–Crippen LogP) is 2.54. The van der Waals surface area contributed by atoms with Crippen molar-refractivity contribution in [3.05, 3.63) is 58.4 Å². The van der Waals surface area contributed by atoms with Gasteiger partial charge in [0, 0.05) is 29.7 Å². The molecule has 0 radical (unpaired) electrons. The molecule has 0 aliphatic heterocycles. The van der Waals surface area contributed by atoms with E-state index in [1.165, 1.54) is 12.5 Å². The largest absolute Gasteiger partial charge is 0.350 e. The van der Waals surface area contributed by atoms with Gasteiger partial charge in [-0.15, -0.1) is 0 Å². The first kappa shape index (κ1) is 16.4. The average molecular weight is 363 g/mol. The molecule has 0 fully saturated rings. The standard InChI is InChI=1S/C15H12Cl2N6O/c16-10-3-1-9(2-4-10)14-21-12(22-23-14)5-6-19-15(24)13-11(17)7-18-8-20-13/h1-4,7-8H,5-6H2,(H,19,24)(H,21,22,23). The van der Waals surface area contributed by atoms with Crippen molar-refractivity contribution in [2.75, 3.05) is 6.54 Å². The number of aromatic amines is 1. The van der Waals surface area contributed by atoms with Gasteiger partial charge in [-0.25, -0.2) is 15.0 Å². The molecule has 3 rings (SSSR count). The number of nitrogens with one attached hydrogen (secondary N) is 2. The van der Waals surface area contributed by atoms with E-state index >= 15 is 0 Å². The molecule has 2 N–H and O–H groups in total. The summed E-state index contributed by atoms with van der Waals surface area (Å²) in [6, 6.07) is 7.24. The third-order valence-corrected chi connectivity index (χ3v) is 3.69. The van der Waals surface area contributed by atoms with Crippen LogP contribution in [0.1, 0.15) is 16.3 Å². The summed E-state index contributed by atoms with van der Waals surface area (Å²) < 4.78 is 0. The van der Waals surface area contributed by atoms with Gasteiger partial charge in [0.2, 0.25) is 0 Å². The third-order valence-electron chi connectivity index (χ3n) is 3.16. The minimum atomic E-state index is -0.361. The molecular formula is C15H12Cl2N6O.